The third kappa shape index (κ3) is 3.85. The zero-order chi connectivity index (χ0) is 17.8. The topological polar surface area (TPSA) is 56.6 Å². The summed E-state index contributed by atoms with van der Waals surface area (Å²) in [5.41, 5.74) is 3.15. The van der Waals surface area contributed by atoms with E-state index in [1.54, 1.807) is 6.33 Å². The van der Waals surface area contributed by atoms with Gasteiger partial charge in [0.15, 0.2) is 6.61 Å². The van der Waals surface area contributed by atoms with Gasteiger partial charge in [0, 0.05) is 25.8 Å². The standard InChI is InChI=1S/C19H25N3O3/c1-4-24-11-15-9-17-16(20-13-21(17)3)10-22(15)19(23)12-25-18-8-6-5-7-14(18)2/h5-8,13,15H,4,9-12H2,1-3H3. The van der Waals surface area contributed by atoms with Crippen molar-refractivity contribution in [1.29, 1.82) is 0 Å². The molecule has 6 nitrogen and oxygen atoms in total. The molecule has 0 aliphatic carbocycles. The quantitative estimate of drug-likeness (QED) is 0.806. The number of benzene rings is 1. The molecule has 2 aromatic rings. The minimum absolute atomic E-state index is 0.0100. The van der Waals surface area contributed by atoms with Crippen molar-refractivity contribution in [2.24, 2.45) is 7.05 Å². The first-order chi connectivity index (χ1) is 12.1. The maximum Gasteiger partial charge on any atom is 0.261 e. The Hall–Kier alpha value is -2.34. The number of nitrogens with zero attached hydrogens (tertiary/aromatic N) is 3. The summed E-state index contributed by atoms with van der Waals surface area (Å²) in [5.74, 6) is 0.706. The van der Waals surface area contributed by atoms with Gasteiger partial charge in [-0.3, -0.25) is 4.79 Å². The molecule has 0 bridgehead atoms. The summed E-state index contributed by atoms with van der Waals surface area (Å²) in [4.78, 5) is 19.0. The molecule has 0 radical (unpaired) electrons. The molecule has 1 amide bonds. The number of rotatable bonds is 6. The van der Waals surface area contributed by atoms with E-state index in [9.17, 15) is 4.79 Å². The number of carbonyl (C=O) groups is 1. The van der Waals surface area contributed by atoms with Gasteiger partial charge in [0.25, 0.3) is 5.91 Å². The van der Waals surface area contributed by atoms with Gasteiger partial charge in [0.05, 0.1) is 31.2 Å². The number of carbonyl (C=O) groups excluding carboxylic acids is 1. The number of aromatic nitrogens is 2. The first-order valence-electron chi connectivity index (χ1n) is 8.64. The van der Waals surface area contributed by atoms with Crippen LogP contribution >= 0.6 is 0 Å². The molecule has 2 heterocycles. The minimum Gasteiger partial charge on any atom is -0.484 e. The summed E-state index contributed by atoms with van der Waals surface area (Å²) in [7, 11) is 1.99. The van der Waals surface area contributed by atoms with Crippen LogP contribution in [0.25, 0.3) is 0 Å². The summed E-state index contributed by atoms with van der Waals surface area (Å²) in [6.45, 7) is 5.62. The van der Waals surface area contributed by atoms with Crippen molar-refractivity contribution in [3.8, 4) is 5.75 Å². The van der Waals surface area contributed by atoms with Crippen LogP contribution in [0.1, 0.15) is 23.9 Å². The van der Waals surface area contributed by atoms with Gasteiger partial charge in [-0.25, -0.2) is 4.98 Å². The molecule has 0 saturated heterocycles. The smallest absolute Gasteiger partial charge is 0.261 e. The lowest BCUT2D eigenvalue weighted by molar-refractivity contribution is -0.138. The zero-order valence-corrected chi connectivity index (χ0v) is 15.1. The highest BCUT2D eigenvalue weighted by Gasteiger charge is 2.32. The number of aryl methyl sites for hydroxylation is 2. The van der Waals surface area contributed by atoms with E-state index in [1.807, 2.05) is 54.6 Å². The Labute approximate surface area is 148 Å². The van der Waals surface area contributed by atoms with Gasteiger partial charge in [-0.1, -0.05) is 18.2 Å². The van der Waals surface area contributed by atoms with Crippen LogP contribution in [0.2, 0.25) is 0 Å². The summed E-state index contributed by atoms with van der Waals surface area (Å²) in [5, 5.41) is 0. The van der Waals surface area contributed by atoms with E-state index in [1.165, 1.54) is 5.69 Å². The molecule has 0 saturated carbocycles. The Morgan fingerprint density at radius 3 is 2.92 bits per heavy atom. The summed E-state index contributed by atoms with van der Waals surface area (Å²) < 4.78 is 13.4. The monoisotopic (exact) mass is 343 g/mol. The number of para-hydroxylation sites is 1. The van der Waals surface area contributed by atoms with Crippen molar-refractivity contribution in [1.82, 2.24) is 14.5 Å². The van der Waals surface area contributed by atoms with Gasteiger partial charge < -0.3 is 18.9 Å². The van der Waals surface area contributed by atoms with Crippen LogP contribution in [0.3, 0.4) is 0 Å². The van der Waals surface area contributed by atoms with Gasteiger partial charge >= 0.3 is 0 Å². The van der Waals surface area contributed by atoms with E-state index in [-0.39, 0.29) is 18.6 Å². The largest absolute Gasteiger partial charge is 0.484 e. The molecule has 3 rings (SSSR count). The molecule has 1 aliphatic rings. The number of fused-ring (bicyclic) bond motifs is 1. The Morgan fingerprint density at radius 2 is 2.16 bits per heavy atom. The molecule has 1 unspecified atom stereocenters. The third-order valence-corrected chi connectivity index (χ3v) is 4.61. The first kappa shape index (κ1) is 17.5. The Balaban J connectivity index is 1.71. The molecular formula is C19H25N3O3. The lowest BCUT2D eigenvalue weighted by Gasteiger charge is -2.35. The summed E-state index contributed by atoms with van der Waals surface area (Å²) in [6, 6.07) is 7.73. The molecule has 1 aromatic carbocycles. The zero-order valence-electron chi connectivity index (χ0n) is 15.1. The molecule has 1 aromatic heterocycles. The van der Waals surface area contributed by atoms with E-state index in [4.69, 9.17) is 9.47 Å². The molecule has 25 heavy (non-hydrogen) atoms. The lowest BCUT2D eigenvalue weighted by atomic mass is 10.0. The highest BCUT2D eigenvalue weighted by molar-refractivity contribution is 5.78. The fourth-order valence-corrected chi connectivity index (χ4v) is 3.16. The number of ether oxygens (including phenoxy) is 2. The fraction of sp³-hybridized carbons (Fsp3) is 0.474. The normalized spacial score (nSPS) is 16.6. The molecule has 1 atom stereocenters. The average Bonchev–Trinajstić information content (AvgIpc) is 2.98. The van der Waals surface area contributed by atoms with Gasteiger partial charge in [-0.05, 0) is 25.5 Å². The maximum absolute atomic E-state index is 12.8. The van der Waals surface area contributed by atoms with Crippen LogP contribution in [0.15, 0.2) is 30.6 Å². The average molecular weight is 343 g/mol. The van der Waals surface area contributed by atoms with Crippen LogP contribution in [0.5, 0.6) is 5.75 Å². The van der Waals surface area contributed by atoms with Gasteiger partial charge in [-0.15, -0.1) is 0 Å². The number of imidazole rings is 1. The van der Waals surface area contributed by atoms with Crippen LogP contribution < -0.4 is 4.74 Å². The van der Waals surface area contributed by atoms with Crippen LogP contribution in [0, 0.1) is 6.92 Å². The van der Waals surface area contributed by atoms with Gasteiger partial charge in [0.2, 0.25) is 0 Å². The number of amides is 1. The molecule has 134 valence electrons. The molecular weight excluding hydrogens is 318 g/mol. The van der Waals surface area contributed by atoms with Crippen molar-refractivity contribution in [3.63, 3.8) is 0 Å². The lowest BCUT2D eigenvalue weighted by Crippen LogP contribution is -2.48. The molecule has 1 aliphatic heterocycles. The van der Waals surface area contributed by atoms with Gasteiger partial charge in [-0.2, -0.15) is 0 Å². The van der Waals surface area contributed by atoms with Crippen molar-refractivity contribution < 1.29 is 14.3 Å². The van der Waals surface area contributed by atoms with E-state index < -0.39 is 0 Å². The van der Waals surface area contributed by atoms with E-state index in [0.29, 0.717) is 19.8 Å². The minimum atomic E-state index is -0.0377. The second-order valence-electron chi connectivity index (χ2n) is 6.34. The molecule has 6 heteroatoms. The van der Waals surface area contributed by atoms with E-state index in [2.05, 4.69) is 4.98 Å². The van der Waals surface area contributed by atoms with E-state index in [0.717, 1.165) is 23.4 Å². The Bertz CT molecular complexity index is 741. The molecule has 0 fully saturated rings. The van der Waals surface area contributed by atoms with Crippen LogP contribution in [-0.4, -0.2) is 46.2 Å². The Kier molecular flexibility index (Phi) is 5.38. The second-order valence-corrected chi connectivity index (χ2v) is 6.34. The Morgan fingerprint density at radius 1 is 1.36 bits per heavy atom. The molecule has 0 spiro atoms. The van der Waals surface area contributed by atoms with Crippen molar-refractivity contribution in [3.05, 3.63) is 47.5 Å². The number of hydrogen-bond acceptors (Lipinski definition) is 4. The van der Waals surface area contributed by atoms with Crippen molar-refractivity contribution in [2.45, 2.75) is 32.9 Å². The fourth-order valence-electron chi connectivity index (χ4n) is 3.16. The highest BCUT2D eigenvalue weighted by atomic mass is 16.5. The van der Waals surface area contributed by atoms with Gasteiger partial charge in [0.1, 0.15) is 5.75 Å². The van der Waals surface area contributed by atoms with Crippen molar-refractivity contribution in [2.75, 3.05) is 19.8 Å². The number of hydrogen-bond donors (Lipinski definition) is 0. The maximum atomic E-state index is 12.8. The van der Waals surface area contributed by atoms with Crippen LogP contribution in [0.4, 0.5) is 0 Å². The summed E-state index contributed by atoms with van der Waals surface area (Å²) >= 11 is 0. The summed E-state index contributed by atoms with van der Waals surface area (Å²) in [6.07, 6.45) is 2.56. The van der Waals surface area contributed by atoms with E-state index >= 15 is 0 Å². The SMILES string of the molecule is CCOCC1Cc2c(ncn2C)CN1C(=O)COc1ccccc1C. The van der Waals surface area contributed by atoms with Crippen LogP contribution in [-0.2, 0) is 29.5 Å². The highest BCUT2D eigenvalue weighted by Crippen LogP contribution is 2.23. The second kappa shape index (κ2) is 7.70. The third-order valence-electron chi connectivity index (χ3n) is 4.61. The van der Waals surface area contributed by atoms with Crippen molar-refractivity contribution >= 4 is 5.91 Å². The predicted octanol–water partition coefficient (Wildman–Crippen LogP) is 2.10. The first-order valence-corrected chi connectivity index (χ1v) is 8.64. The predicted molar refractivity (Wildman–Crippen MR) is 94.4 cm³/mol. The molecule has 0 N–H and O–H groups in total.